The first-order valence-electron chi connectivity index (χ1n) is 14.3. The molecule has 7 rings (SSSR count). The maximum Gasteiger partial charge on any atom is 0.325 e. The number of nitrogens with one attached hydrogen (secondary N) is 2. The summed E-state index contributed by atoms with van der Waals surface area (Å²) in [5, 5.41) is 1.33. The lowest BCUT2D eigenvalue weighted by Gasteiger charge is -2.35. The zero-order valence-corrected chi connectivity index (χ0v) is 25.0. The van der Waals surface area contributed by atoms with Gasteiger partial charge in [-0.25, -0.2) is 9.78 Å². The number of aliphatic imine (C=N–C) groups is 1. The minimum atomic E-state index is -0.301. The minimum absolute atomic E-state index is 0.226. The van der Waals surface area contributed by atoms with Gasteiger partial charge in [0, 0.05) is 46.0 Å². The van der Waals surface area contributed by atoms with Crippen molar-refractivity contribution in [1.82, 2.24) is 15.0 Å². The van der Waals surface area contributed by atoms with Crippen LogP contribution in [0.4, 0.5) is 5.69 Å². The molecule has 2 aromatic heterocycles. The molecule has 7 nitrogen and oxygen atoms in total. The van der Waals surface area contributed by atoms with Crippen molar-refractivity contribution >= 4 is 45.8 Å². The Kier molecular flexibility index (Phi) is 7.29. The Morgan fingerprint density at radius 3 is 2.56 bits per heavy atom. The number of anilines is 1. The number of aromatic amines is 2. The number of H-pyrrole nitrogens is 2. The Morgan fingerprint density at radius 2 is 1.81 bits per heavy atom. The first-order valence-corrected chi connectivity index (χ1v) is 15.0. The van der Waals surface area contributed by atoms with E-state index in [0.29, 0.717) is 29.2 Å². The van der Waals surface area contributed by atoms with E-state index in [9.17, 15) is 4.79 Å². The van der Waals surface area contributed by atoms with Crippen molar-refractivity contribution < 1.29 is 4.74 Å². The monoisotopic (exact) mass is 609 g/mol. The lowest BCUT2D eigenvalue weighted by atomic mass is 9.86. The number of pyridine rings is 1. The van der Waals surface area contributed by atoms with Crippen molar-refractivity contribution in [3.8, 4) is 5.75 Å². The van der Waals surface area contributed by atoms with Crippen molar-refractivity contribution in [2.24, 2.45) is 4.99 Å². The normalized spacial score (nSPS) is 16.5. The van der Waals surface area contributed by atoms with Crippen molar-refractivity contribution in [3.63, 3.8) is 0 Å². The molecular formula is C34H29Cl2N5O2. The number of imidazole rings is 1. The number of benzene rings is 3. The average Bonchev–Trinajstić information content (AvgIpc) is 3.31. The van der Waals surface area contributed by atoms with Gasteiger partial charge in [0.1, 0.15) is 5.75 Å². The molecule has 1 aliphatic carbocycles. The lowest BCUT2D eigenvalue weighted by molar-refractivity contribution is 0.414. The van der Waals surface area contributed by atoms with Gasteiger partial charge in [0.25, 0.3) is 0 Å². The van der Waals surface area contributed by atoms with E-state index < -0.39 is 0 Å². The van der Waals surface area contributed by atoms with Gasteiger partial charge in [0.15, 0.2) is 5.65 Å². The van der Waals surface area contributed by atoms with Gasteiger partial charge >= 0.3 is 5.69 Å². The van der Waals surface area contributed by atoms with E-state index in [2.05, 4.69) is 44.1 Å². The molecule has 1 aliphatic heterocycles. The Balaban J connectivity index is 1.46. The SMILES string of the molecule is COc1ccc(CN2C(=C3CCC3)C(Cc3ccccc3Cl)N=C(c3cnc4[nH]c(=O)[nH]c4c3)c3cc(Cl)ccc32)cc1. The lowest BCUT2D eigenvalue weighted by Crippen LogP contribution is -2.32. The summed E-state index contributed by atoms with van der Waals surface area (Å²) in [6.45, 7) is 0.641. The van der Waals surface area contributed by atoms with Gasteiger partial charge in [-0.05, 0) is 78.4 Å². The van der Waals surface area contributed by atoms with E-state index in [1.54, 1.807) is 13.3 Å². The molecule has 0 spiro atoms. The number of nitrogens with zero attached hydrogens (tertiary/aromatic N) is 3. The number of ether oxygens (including phenoxy) is 1. The average molecular weight is 611 g/mol. The maximum atomic E-state index is 12.0. The van der Waals surface area contributed by atoms with E-state index >= 15 is 0 Å². The number of methoxy groups -OCH3 is 1. The molecular weight excluding hydrogens is 581 g/mol. The number of hydrogen-bond donors (Lipinski definition) is 2. The van der Waals surface area contributed by atoms with Crippen LogP contribution in [-0.2, 0) is 13.0 Å². The highest BCUT2D eigenvalue weighted by Crippen LogP contribution is 2.42. The van der Waals surface area contributed by atoms with Crippen LogP contribution in [0.1, 0.15) is 41.5 Å². The Morgan fingerprint density at radius 1 is 1.00 bits per heavy atom. The van der Waals surface area contributed by atoms with Crippen LogP contribution < -0.4 is 15.3 Å². The zero-order chi connectivity index (χ0) is 29.5. The Hall–Kier alpha value is -4.33. The molecule has 216 valence electrons. The summed E-state index contributed by atoms with van der Waals surface area (Å²) in [7, 11) is 1.68. The second-order valence-electron chi connectivity index (χ2n) is 10.9. The smallest absolute Gasteiger partial charge is 0.325 e. The van der Waals surface area contributed by atoms with Gasteiger partial charge in [-0.2, -0.15) is 0 Å². The van der Waals surface area contributed by atoms with Crippen LogP contribution in [0.15, 0.2) is 100 Å². The van der Waals surface area contributed by atoms with Crippen LogP contribution in [-0.4, -0.2) is 33.8 Å². The number of benzodiazepines with no additional fused rings is 1. The van der Waals surface area contributed by atoms with Crippen LogP contribution >= 0.6 is 23.2 Å². The Bertz CT molecular complexity index is 1950. The molecule has 1 saturated carbocycles. The molecule has 1 unspecified atom stereocenters. The van der Waals surface area contributed by atoms with Gasteiger partial charge in [-0.1, -0.05) is 53.5 Å². The van der Waals surface area contributed by atoms with Gasteiger partial charge < -0.3 is 14.6 Å². The van der Waals surface area contributed by atoms with Crippen molar-refractivity contribution in [2.75, 3.05) is 12.0 Å². The molecule has 2 N–H and O–H groups in total. The van der Waals surface area contributed by atoms with E-state index in [1.165, 1.54) is 11.3 Å². The van der Waals surface area contributed by atoms with Gasteiger partial charge in [-0.15, -0.1) is 0 Å². The minimum Gasteiger partial charge on any atom is -0.497 e. The number of fused-ring (bicyclic) bond motifs is 2. The van der Waals surface area contributed by atoms with E-state index in [1.807, 2.05) is 48.5 Å². The third-order valence-electron chi connectivity index (χ3n) is 8.23. The first-order chi connectivity index (χ1) is 21.0. The van der Waals surface area contributed by atoms with Crippen LogP contribution in [0.3, 0.4) is 0 Å². The van der Waals surface area contributed by atoms with E-state index in [4.69, 9.17) is 32.9 Å². The molecule has 0 bridgehead atoms. The summed E-state index contributed by atoms with van der Waals surface area (Å²) < 4.78 is 5.43. The molecule has 3 aromatic carbocycles. The predicted molar refractivity (Wildman–Crippen MR) is 173 cm³/mol. The fourth-order valence-electron chi connectivity index (χ4n) is 5.94. The number of halogens is 2. The highest BCUT2D eigenvalue weighted by Gasteiger charge is 2.33. The van der Waals surface area contributed by atoms with Crippen LogP contribution in [0, 0.1) is 0 Å². The summed E-state index contributed by atoms with van der Waals surface area (Å²) in [5.41, 5.74) is 9.07. The largest absolute Gasteiger partial charge is 0.497 e. The molecule has 3 heterocycles. The van der Waals surface area contributed by atoms with Crippen LogP contribution in [0.25, 0.3) is 11.2 Å². The zero-order valence-electron chi connectivity index (χ0n) is 23.5. The molecule has 0 saturated heterocycles. The molecule has 43 heavy (non-hydrogen) atoms. The molecule has 0 radical (unpaired) electrons. The summed E-state index contributed by atoms with van der Waals surface area (Å²) in [6, 6.07) is 23.8. The molecule has 1 fully saturated rings. The summed E-state index contributed by atoms with van der Waals surface area (Å²) in [4.78, 5) is 30.1. The molecule has 5 aromatic rings. The topological polar surface area (TPSA) is 86.4 Å². The van der Waals surface area contributed by atoms with Crippen molar-refractivity contribution in [2.45, 2.75) is 38.3 Å². The van der Waals surface area contributed by atoms with Gasteiger partial charge in [0.05, 0.1) is 30.1 Å². The number of allylic oxidation sites excluding steroid dienone is 1. The van der Waals surface area contributed by atoms with Gasteiger partial charge in [-0.3, -0.25) is 9.98 Å². The highest BCUT2D eigenvalue weighted by atomic mass is 35.5. The van der Waals surface area contributed by atoms with E-state index in [0.717, 1.165) is 63.7 Å². The summed E-state index contributed by atoms with van der Waals surface area (Å²) >= 11 is 13.4. The fraction of sp³-hybridized carbons (Fsp3) is 0.206. The standard InChI is InChI=1S/C34H29Cl2N5O2/c1-43-25-12-9-20(10-13-25)19-41-30-14-11-24(35)17-26(30)31(23-16-29-33(37-18-23)40-34(42)39-29)38-28(32(41)21-6-4-7-21)15-22-5-2-3-8-27(22)36/h2-3,5,8-14,16-18,28H,4,6-7,15,19H2,1H3,(H2,37,39,40,42). The second-order valence-corrected chi connectivity index (χ2v) is 11.8. The number of aromatic nitrogens is 3. The predicted octanol–water partition coefficient (Wildman–Crippen LogP) is 7.47. The first kappa shape index (κ1) is 27.5. The van der Waals surface area contributed by atoms with Crippen molar-refractivity contribution in [1.29, 1.82) is 0 Å². The molecule has 0 amide bonds. The molecule has 9 heteroatoms. The van der Waals surface area contributed by atoms with Gasteiger partial charge in [0.2, 0.25) is 0 Å². The van der Waals surface area contributed by atoms with E-state index in [-0.39, 0.29) is 11.7 Å². The highest BCUT2D eigenvalue weighted by molar-refractivity contribution is 6.32. The third-order valence-corrected chi connectivity index (χ3v) is 8.83. The second kappa shape index (κ2) is 11.4. The maximum absolute atomic E-state index is 12.0. The third kappa shape index (κ3) is 5.35. The number of hydrogen-bond acceptors (Lipinski definition) is 5. The van der Waals surface area contributed by atoms with Crippen LogP contribution in [0.2, 0.25) is 10.0 Å². The molecule has 2 aliphatic rings. The molecule has 1 atom stereocenters. The van der Waals surface area contributed by atoms with Crippen molar-refractivity contribution in [3.05, 3.63) is 133 Å². The fourth-order valence-corrected chi connectivity index (χ4v) is 6.33. The quantitative estimate of drug-likeness (QED) is 0.209. The summed E-state index contributed by atoms with van der Waals surface area (Å²) in [6.07, 6.45) is 5.59. The Labute approximate surface area is 258 Å². The van der Waals surface area contributed by atoms with Crippen LogP contribution in [0.5, 0.6) is 5.75 Å². The number of rotatable bonds is 6. The summed E-state index contributed by atoms with van der Waals surface area (Å²) in [5.74, 6) is 0.817.